The minimum absolute atomic E-state index is 0.0931. The number of Topliss-reactive ketones (excluding diaryl/α,β-unsaturated/α-hetero) is 1. The number of rotatable bonds is 5. The molecule has 1 rings (SSSR count). The number of benzene rings is 1. The summed E-state index contributed by atoms with van der Waals surface area (Å²) in [5.74, 6) is 0.394. The third-order valence-corrected chi connectivity index (χ3v) is 2.52. The van der Waals surface area contributed by atoms with Crippen molar-refractivity contribution in [2.75, 3.05) is 13.6 Å². The fraction of sp³-hybridized carbons (Fsp3) is 0.462. The van der Waals surface area contributed by atoms with Crippen molar-refractivity contribution in [3.05, 3.63) is 35.4 Å². The third kappa shape index (κ3) is 3.84. The summed E-state index contributed by atoms with van der Waals surface area (Å²) >= 11 is 0. The van der Waals surface area contributed by atoms with Gasteiger partial charge >= 0.3 is 0 Å². The Bertz CT molecular complexity index is 333. The standard InChI is InChI=1S/C13H19NO/c1-10-5-4-6-12(7-10)8-13(15)11(2)9-14-3/h4-7,11,14H,8-9H2,1-3H3. The van der Waals surface area contributed by atoms with Crippen LogP contribution in [0.15, 0.2) is 24.3 Å². The first kappa shape index (κ1) is 11.9. The molecule has 1 N–H and O–H groups in total. The second kappa shape index (κ2) is 5.66. The maximum Gasteiger partial charge on any atom is 0.141 e. The molecule has 0 bridgehead atoms. The topological polar surface area (TPSA) is 29.1 Å². The first-order valence-electron chi connectivity index (χ1n) is 5.36. The first-order chi connectivity index (χ1) is 7.13. The van der Waals surface area contributed by atoms with Crippen LogP contribution >= 0.6 is 0 Å². The van der Waals surface area contributed by atoms with Crippen molar-refractivity contribution in [3.63, 3.8) is 0 Å². The smallest absolute Gasteiger partial charge is 0.141 e. The van der Waals surface area contributed by atoms with Crippen LogP contribution in [0.4, 0.5) is 0 Å². The summed E-state index contributed by atoms with van der Waals surface area (Å²) in [6.07, 6.45) is 0.546. The lowest BCUT2D eigenvalue weighted by Gasteiger charge is -2.09. The van der Waals surface area contributed by atoms with Crippen LogP contribution in [0.5, 0.6) is 0 Å². The van der Waals surface area contributed by atoms with Gasteiger partial charge in [0.15, 0.2) is 0 Å². The highest BCUT2D eigenvalue weighted by molar-refractivity contribution is 5.83. The van der Waals surface area contributed by atoms with Gasteiger partial charge in [0, 0.05) is 18.9 Å². The van der Waals surface area contributed by atoms with Gasteiger partial charge < -0.3 is 5.32 Å². The van der Waals surface area contributed by atoms with E-state index in [-0.39, 0.29) is 5.92 Å². The molecule has 1 atom stereocenters. The highest BCUT2D eigenvalue weighted by Gasteiger charge is 2.12. The van der Waals surface area contributed by atoms with E-state index in [4.69, 9.17) is 0 Å². The summed E-state index contributed by atoms with van der Waals surface area (Å²) in [5, 5.41) is 3.02. The van der Waals surface area contributed by atoms with Crippen molar-refractivity contribution in [1.29, 1.82) is 0 Å². The van der Waals surface area contributed by atoms with Crippen molar-refractivity contribution < 1.29 is 4.79 Å². The molecular formula is C13H19NO. The molecule has 2 nitrogen and oxygen atoms in total. The molecule has 0 heterocycles. The monoisotopic (exact) mass is 205 g/mol. The van der Waals surface area contributed by atoms with Crippen LogP contribution in [0.3, 0.4) is 0 Å². The average molecular weight is 205 g/mol. The molecule has 0 aliphatic carbocycles. The van der Waals surface area contributed by atoms with E-state index in [0.29, 0.717) is 12.2 Å². The number of hydrogen-bond acceptors (Lipinski definition) is 2. The number of hydrogen-bond donors (Lipinski definition) is 1. The summed E-state index contributed by atoms with van der Waals surface area (Å²) < 4.78 is 0. The normalized spacial score (nSPS) is 12.5. The van der Waals surface area contributed by atoms with Crippen LogP contribution in [-0.4, -0.2) is 19.4 Å². The molecule has 1 aromatic rings. The number of nitrogens with one attached hydrogen (secondary N) is 1. The summed E-state index contributed by atoms with van der Waals surface area (Å²) in [6, 6.07) is 8.13. The molecule has 0 aromatic heterocycles. The lowest BCUT2D eigenvalue weighted by Crippen LogP contribution is -2.24. The molecule has 0 radical (unpaired) electrons. The molecule has 82 valence electrons. The Kier molecular flexibility index (Phi) is 4.50. The van der Waals surface area contributed by atoms with Crippen molar-refractivity contribution in [3.8, 4) is 0 Å². The van der Waals surface area contributed by atoms with E-state index in [0.717, 1.165) is 12.1 Å². The minimum Gasteiger partial charge on any atom is -0.319 e. The zero-order valence-corrected chi connectivity index (χ0v) is 9.71. The lowest BCUT2D eigenvalue weighted by molar-refractivity contribution is -0.121. The van der Waals surface area contributed by atoms with Crippen molar-refractivity contribution in [1.82, 2.24) is 5.32 Å². The first-order valence-corrected chi connectivity index (χ1v) is 5.36. The van der Waals surface area contributed by atoms with E-state index in [1.165, 1.54) is 5.56 Å². The van der Waals surface area contributed by atoms with Crippen LogP contribution < -0.4 is 5.32 Å². The summed E-state index contributed by atoms with van der Waals surface area (Å²) in [5.41, 5.74) is 2.32. The van der Waals surface area contributed by atoms with Gasteiger partial charge in [0.2, 0.25) is 0 Å². The van der Waals surface area contributed by atoms with Crippen molar-refractivity contribution >= 4 is 5.78 Å². The third-order valence-electron chi connectivity index (χ3n) is 2.52. The maximum absolute atomic E-state index is 11.8. The number of aryl methyl sites for hydroxylation is 1. The van der Waals surface area contributed by atoms with Crippen LogP contribution in [0.1, 0.15) is 18.1 Å². The van der Waals surface area contributed by atoms with E-state index < -0.39 is 0 Å². The summed E-state index contributed by atoms with van der Waals surface area (Å²) in [7, 11) is 1.87. The van der Waals surface area contributed by atoms with Gasteiger partial charge in [-0.3, -0.25) is 4.79 Å². The molecule has 2 heteroatoms. The van der Waals surface area contributed by atoms with E-state index in [2.05, 4.69) is 11.4 Å². The molecule has 15 heavy (non-hydrogen) atoms. The average Bonchev–Trinajstić information content (AvgIpc) is 2.18. The zero-order valence-electron chi connectivity index (χ0n) is 9.71. The largest absolute Gasteiger partial charge is 0.319 e. The minimum atomic E-state index is 0.0931. The van der Waals surface area contributed by atoms with Crippen molar-refractivity contribution in [2.24, 2.45) is 5.92 Å². The predicted molar refractivity (Wildman–Crippen MR) is 63.0 cm³/mol. The van der Waals surface area contributed by atoms with Crippen LogP contribution in [0, 0.1) is 12.8 Å². The van der Waals surface area contributed by atoms with Crippen LogP contribution in [0.25, 0.3) is 0 Å². The molecule has 0 spiro atoms. The molecule has 0 aliphatic heterocycles. The summed E-state index contributed by atoms with van der Waals surface area (Å²) in [4.78, 5) is 11.8. The predicted octanol–water partition coefficient (Wildman–Crippen LogP) is 1.96. The number of carbonyl (C=O) groups excluding carboxylic acids is 1. The fourth-order valence-electron chi connectivity index (χ4n) is 1.62. The molecule has 0 aliphatic rings. The quantitative estimate of drug-likeness (QED) is 0.796. The number of ketones is 1. The van der Waals surface area contributed by atoms with Gasteiger partial charge in [0.1, 0.15) is 5.78 Å². The van der Waals surface area contributed by atoms with E-state index in [1.54, 1.807) is 0 Å². The van der Waals surface area contributed by atoms with E-state index in [1.807, 2.05) is 39.1 Å². The molecule has 0 fully saturated rings. The Morgan fingerprint density at radius 2 is 2.20 bits per heavy atom. The SMILES string of the molecule is CNCC(C)C(=O)Cc1cccc(C)c1. The Morgan fingerprint density at radius 1 is 1.47 bits per heavy atom. The van der Waals surface area contributed by atoms with E-state index in [9.17, 15) is 4.79 Å². The molecule has 1 aromatic carbocycles. The molecule has 0 amide bonds. The molecule has 1 unspecified atom stereocenters. The Morgan fingerprint density at radius 3 is 2.80 bits per heavy atom. The second-order valence-corrected chi connectivity index (χ2v) is 4.09. The highest BCUT2D eigenvalue weighted by Crippen LogP contribution is 2.08. The van der Waals surface area contributed by atoms with Gasteiger partial charge in [0.05, 0.1) is 0 Å². The number of carbonyl (C=O) groups is 1. The van der Waals surface area contributed by atoms with Crippen molar-refractivity contribution in [2.45, 2.75) is 20.3 Å². The van der Waals surface area contributed by atoms with E-state index >= 15 is 0 Å². The summed E-state index contributed by atoms with van der Waals surface area (Å²) in [6.45, 7) is 4.77. The van der Waals surface area contributed by atoms with Gasteiger partial charge in [0.25, 0.3) is 0 Å². The molecule has 0 saturated heterocycles. The maximum atomic E-state index is 11.8. The van der Waals surface area contributed by atoms with Crippen LogP contribution in [-0.2, 0) is 11.2 Å². The Balaban J connectivity index is 2.58. The van der Waals surface area contributed by atoms with Gasteiger partial charge in [-0.25, -0.2) is 0 Å². The Labute approximate surface area is 91.7 Å². The lowest BCUT2D eigenvalue weighted by atomic mass is 9.98. The second-order valence-electron chi connectivity index (χ2n) is 4.09. The van der Waals surface area contributed by atoms with Gasteiger partial charge in [-0.05, 0) is 19.5 Å². The van der Waals surface area contributed by atoms with Crippen LogP contribution in [0.2, 0.25) is 0 Å². The van der Waals surface area contributed by atoms with Gasteiger partial charge in [-0.15, -0.1) is 0 Å². The van der Waals surface area contributed by atoms with Gasteiger partial charge in [-0.2, -0.15) is 0 Å². The molecular weight excluding hydrogens is 186 g/mol. The zero-order chi connectivity index (χ0) is 11.3. The Hall–Kier alpha value is -1.15. The fourth-order valence-corrected chi connectivity index (χ4v) is 1.62. The van der Waals surface area contributed by atoms with Gasteiger partial charge in [-0.1, -0.05) is 36.8 Å². The highest BCUT2D eigenvalue weighted by atomic mass is 16.1. The molecule has 0 saturated carbocycles.